The Morgan fingerprint density at radius 3 is 1.96 bits per heavy atom. The van der Waals surface area contributed by atoms with Crippen molar-refractivity contribution < 1.29 is 13.2 Å². The van der Waals surface area contributed by atoms with Gasteiger partial charge in [-0.15, -0.1) is 0 Å². The number of amides is 1. The Labute approximate surface area is 165 Å². The van der Waals surface area contributed by atoms with Crippen molar-refractivity contribution in [3.63, 3.8) is 0 Å². The molecule has 0 aliphatic rings. The van der Waals surface area contributed by atoms with E-state index in [1.54, 1.807) is 43.3 Å². The molecule has 144 valence electrons. The fraction of sp³-hybridized carbons (Fsp3) is 0.136. The zero-order valence-corrected chi connectivity index (χ0v) is 16.8. The van der Waals surface area contributed by atoms with E-state index in [2.05, 4.69) is 10.0 Å². The molecule has 2 N–H and O–H groups in total. The molecule has 0 unspecified atom stereocenters. The van der Waals surface area contributed by atoms with E-state index in [-0.39, 0.29) is 10.8 Å². The summed E-state index contributed by atoms with van der Waals surface area (Å²) in [4.78, 5) is 12.6. The molecule has 0 aliphatic heterocycles. The molecule has 0 aliphatic carbocycles. The monoisotopic (exact) mass is 394 g/mol. The van der Waals surface area contributed by atoms with Crippen molar-refractivity contribution in [1.29, 1.82) is 0 Å². The van der Waals surface area contributed by atoms with Crippen molar-refractivity contribution >= 4 is 27.3 Å². The molecule has 3 aromatic carbocycles. The van der Waals surface area contributed by atoms with Crippen LogP contribution in [0, 0.1) is 20.8 Å². The predicted octanol–water partition coefficient (Wildman–Crippen LogP) is 4.66. The van der Waals surface area contributed by atoms with Gasteiger partial charge in [-0.3, -0.25) is 9.52 Å². The van der Waals surface area contributed by atoms with Crippen LogP contribution >= 0.6 is 0 Å². The topological polar surface area (TPSA) is 75.3 Å². The zero-order valence-electron chi connectivity index (χ0n) is 16.0. The van der Waals surface area contributed by atoms with E-state index in [9.17, 15) is 13.2 Å². The average Bonchev–Trinajstić information content (AvgIpc) is 2.65. The molecular formula is C22H22N2O3S. The number of nitrogens with one attached hydrogen (secondary N) is 2. The summed E-state index contributed by atoms with van der Waals surface area (Å²) in [5.74, 6) is -0.257. The van der Waals surface area contributed by atoms with Crippen LogP contribution in [-0.2, 0) is 10.0 Å². The third kappa shape index (κ3) is 4.58. The lowest BCUT2D eigenvalue weighted by Crippen LogP contribution is -2.15. The molecule has 0 fully saturated rings. The van der Waals surface area contributed by atoms with E-state index in [4.69, 9.17) is 0 Å². The fourth-order valence-electron chi connectivity index (χ4n) is 2.74. The molecule has 0 bridgehead atoms. The van der Waals surface area contributed by atoms with Crippen LogP contribution in [0.5, 0.6) is 0 Å². The van der Waals surface area contributed by atoms with E-state index in [0.717, 1.165) is 11.1 Å². The maximum Gasteiger partial charge on any atom is 0.262 e. The molecule has 0 saturated heterocycles. The summed E-state index contributed by atoms with van der Waals surface area (Å²) in [7, 11) is -3.70. The molecule has 0 saturated carbocycles. The first-order chi connectivity index (χ1) is 13.2. The Hall–Kier alpha value is -3.12. The summed E-state index contributed by atoms with van der Waals surface area (Å²) in [6.07, 6.45) is 0. The summed E-state index contributed by atoms with van der Waals surface area (Å²) < 4.78 is 27.9. The standard InChI is InChI=1S/C22H22N2O3S/c1-15-5-10-19(11-6-15)23-22(25)18-8-12-20(13-9-18)24-28(26,27)21-14-16(2)4-7-17(21)3/h4-14,24H,1-3H3,(H,23,25). The lowest BCUT2D eigenvalue weighted by molar-refractivity contribution is 0.102. The van der Waals surface area contributed by atoms with Gasteiger partial charge in [-0.25, -0.2) is 8.42 Å². The number of rotatable bonds is 5. The zero-order chi connectivity index (χ0) is 20.3. The first kappa shape index (κ1) is 19.6. The first-order valence-corrected chi connectivity index (χ1v) is 10.3. The third-order valence-electron chi connectivity index (χ3n) is 4.34. The summed E-state index contributed by atoms with van der Waals surface area (Å²) in [5.41, 5.74) is 4.19. The Morgan fingerprint density at radius 2 is 1.32 bits per heavy atom. The summed E-state index contributed by atoms with van der Waals surface area (Å²) >= 11 is 0. The molecule has 28 heavy (non-hydrogen) atoms. The second-order valence-corrected chi connectivity index (χ2v) is 8.42. The molecule has 0 aromatic heterocycles. The molecule has 3 aromatic rings. The maximum absolute atomic E-state index is 12.7. The van der Waals surface area contributed by atoms with Crippen LogP contribution in [0.3, 0.4) is 0 Å². The number of hydrogen-bond donors (Lipinski definition) is 2. The second kappa shape index (κ2) is 7.86. The molecule has 1 amide bonds. The van der Waals surface area contributed by atoms with Crippen LogP contribution in [-0.4, -0.2) is 14.3 Å². The van der Waals surface area contributed by atoms with E-state index in [1.165, 1.54) is 0 Å². The highest BCUT2D eigenvalue weighted by atomic mass is 32.2. The molecular weight excluding hydrogens is 372 g/mol. The van der Waals surface area contributed by atoms with Gasteiger partial charge in [-0.05, 0) is 74.4 Å². The summed E-state index contributed by atoms with van der Waals surface area (Å²) in [5, 5.41) is 2.82. The fourth-order valence-corrected chi connectivity index (χ4v) is 4.13. The van der Waals surface area contributed by atoms with Crippen molar-refractivity contribution in [2.45, 2.75) is 25.7 Å². The Morgan fingerprint density at radius 1 is 0.750 bits per heavy atom. The Bertz CT molecular complexity index is 1100. The van der Waals surface area contributed by atoms with Crippen molar-refractivity contribution in [2.75, 3.05) is 10.0 Å². The number of carbonyl (C=O) groups excluding carboxylic acids is 1. The maximum atomic E-state index is 12.7. The summed E-state index contributed by atoms with van der Waals surface area (Å²) in [6, 6.07) is 19.1. The number of benzene rings is 3. The number of carbonyl (C=O) groups is 1. The molecule has 0 atom stereocenters. The van der Waals surface area contributed by atoms with Gasteiger partial charge in [0.25, 0.3) is 15.9 Å². The van der Waals surface area contributed by atoms with Crippen molar-refractivity contribution in [3.8, 4) is 0 Å². The van der Waals surface area contributed by atoms with Gasteiger partial charge in [-0.2, -0.15) is 0 Å². The van der Waals surface area contributed by atoms with Crippen molar-refractivity contribution in [3.05, 3.63) is 89.0 Å². The third-order valence-corrected chi connectivity index (χ3v) is 5.87. The highest BCUT2D eigenvalue weighted by molar-refractivity contribution is 7.92. The highest BCUT2D eigenvalue weighted by Crippen LogP contribution is 2.21. The smallest absolute Gasteiger partial charge is 0.262 e. The average molecular weight is 394 g/mol. The predicted molar refractivity (Wildman–Crippen MR) is 112 cm³/mol. The van der Waals surface area contributed by atoms with Gasteiger partial charge in [0.2, 0.25) is 0 Å². The number of aryl methyl sites for hydroxylation is 3. The largest absolute Gasteiger partial charge is 0.322 e. The van der Waals surface area contributed by atoms with Crippen LogP contribution in [0.4, 0.5) is 11.4 Å². The van der Waals surface area contributed by atoms with Crippen molar-refractivity contribution in [2.24, 2.45) is 0 Å². The Balaban J connectivity index is 1.74. The highest BCUT2D eigenvalue weighted by Gasteiger charge is 2.17. The van der Waals surface area contributed by atoms with Gasteiger partial charge >= 0.3 is 0 Å². The van der Waals surface area contributed by atoms with Crippen LogP contribution in [0.15, 0.2) is 71.6 Å². The lowest BCUT2D eigenvalue weighted by Gasteiger charge is -2.12. The van der Waals surface area contributed by atoms with Crippen LogP contribution in [0.25, 0.3) is 0 Å². The molecule has 0 spiro atoms. The molecule has 6 heteroatoms. The van der Waals surface area contributed by atoms with E-state index in [1.807, 2.05) is 44.2 Å². The molecule has 3 rings (SSSR count). The van der Waals surface area contributed by atoms with Gasteiger partial charge in [0.15, 0.2) is 0 Å². The summed E-state index contributed by atoms with van der Waals surface area (Å²) in [6.45, 7) is 5.58. The second-order valence-electron chi connectivity index (χ2n) is 6.77. The van der Waals surface area contributed by atoms with Crippen LogP contribution < -0.4 is 10.0 Å². The van der Waals surface area contributed by atoms with Gasteiger partial charge in [0.1, 0.15) is 0 Å². The molecule has 0 radical (unpaired) electrons. The van der Waals surface area contributed by atoms with Gasteiger partial charge < -0.3 is 5.32 Å². The Kier molecular flexibility index (Phi) is 5.51. The minimum absolute atomic E-state index is 0.244. The SMILES string of the molecule is Cc1ccc(NC(=O)c2ccc(NS(=O)(=O)c3cc(C)ccc3C)cc2)cc1. The van der Waals surface area contributed by atoms with Crippen LogP contribution in [0.2, 0.25) is 0 Å². The van der Waals surface area contributed by atoms with Gasteiger partial charge in [0.05, 0.1) is 4.90 Å². The van der Waals surface area contributed by atoms with Gasteiger partial charge in [0, 0.05) is 16.9 Å². The molecule has 5 nitrogen and oxygen atoms in total. The minimum Gasteiger partial charge on any atom is -0.322 e. The minimum atomic E-state index is -3.70. The lowest BCUT2D eigenvalue weighted by atomic mass is 10.2. The van der Waals surface area contributed by atoms with Crippen LogP contribution in [0.1, 0.15) is 27.0 Å². The van der Waals surface area contributed by atoms with Crippen molar-refractivity contribution in [1.82, 2.24) is 0 Å². The van der Waals surface area contributed by atoms with E-state index < -0.39 is 10.0 Å². The first-order valence-electron chi connectivity index (χ1n) is 8.83. The van der Waals surface area contributed by atoms with E-state index >= 15 is 0 Å². The number of anilines is 2. The van der Waals surface area contributed by atoms with E-state index in [0.29, 0.717) is 22.5 Å². The van der Waals surface area contributed by atoms with Gasteiger partial charge in [-0.1, -0.05) is 29.8 Å². The quantitative estimate of drug-likeness (QED) is 0.661. The normalized spacial score (nSPS) is 11.1. The number of sulfonamides is 1. The number of hydrogen-bond acceptors (Lipinski definition) is 3. The molecule has 0 heterocycles.